The van der Waals surface area contributed by atoms with Gasteiger partial charge in [0.25, 0.3) is 0 Å². The van der Waals surface area contributed by atoms with Gasteiger partial charge >= 0.3 is 0 Å². The number of aliphatic hydroxyl groups is 1. The highest BCUT2D eigenvalue weighted by Gasteiger charge is 2.51. The molecule has 1 rings (SSSR count). The Labute approximate surface area is 85.4 Å². The Morgan fingerprint density at radius 3 is 2.43 bits per heavy atom. The van der Waals surface area contributed by atoms with E-state index >= 15 is 0 Å². The van der Waals surface area contributed by atoms with E-state index in [9.17, 15) is 13.5 Å². The molecule has 0 aromatic heterocycles. The molecular weight excluding hydrogens is 202 g/mol. The van der Waals surface area contributed by atoms with Crippen molar-refractivity contribution in [2.75, 3.05) is 18.1 Å². The third-order valence-corrected chi connectivity index (χ3v) is 5.43. The maximum Gasteiger partial charge on any atom is 0.151 e. The molecule has 0 spiro atoms. The highest BCUT2D eigenvalue weighted by molar-refractivity contribution is 7.91. The fourth-order valence-corrected chi connectivity index (χ4v) is 4.36. The molecule has 0 aromatic carbocycles. The number of hydrogen-bond donors (Lipinski definition) is 2. The van der Waals surface area contributed by atoms with Crippen molar-refractivity contribution in [1.29, 1.82) is 0 Å². The lowest BCUT2D eigenvalue weighted by atomic mass is 9.71. The second-order valence-corrected chi connectivity index (χ2v) is 6.64. The fourth-order valence-electron chi connectivity index (χ4n) is 2.10. The second kappa shape index (κ2) is 3.47. The van der Waals surface area contributed by atoms with Gasteiger partial charge in [-0.05, 0) is 19.8 Å². The van der Waals surface area contributed by atoms with Crippen LogP contribution in [0.3, 0.4) is 0 Å². The van der Waals surface area contributed by atoms with Crippen LogP contribution in [0.5, 0.6) is 0 Å². The maximum absolute atomic E-state index is 11.4. The minimum Gasteiger partial charge on any atom is -0.390 e. The number of sulfone groups is 1. The van der Waals surface area contributed by atoms with Crippen LogP contribution in [0.15, 0.2) is 0 Å². The molecule has 3 N–H and O–H groups in total. The molecule has 0 saturated carbocycles. The SMILES string of the molecule is CCC(C)(O)C1(CN)CCS(=O)(=O)C1. The first-order valence-electron chi connectivity index (χ1n) is 4.91. The van der Waals surface area contributed by atoms with Crippen LogP contribution in [-0.2, 0) is 9.84 Å². The van der Waals surface area contributed by atoms with Gasteiger partial charge in [0, 0.05) is 12.0 Å². The van der Waals surface area contributed by atoms with Gasteiger partial charge in [-0.25, -0.2) is 8.42 Å². The van der Waals surface area contributed by atoms with Gasteiger partial charge in [-0.1, -0.05) is 6.92 Å². The van der Waals surface area contributed by atoms with Crippen molar-refractivity contribution in [2.45, 2.75) is 32.3 Å². The van der Waals surface area contributed by atoms with Crippen LogP contribution in [0.25, 0.3) is 0 Å². The summed E-state index contributed by atoms with van der Waals surface area (Å²) in [5, 5.41) is 10.2. The van der Waals surface area contributed by atoms with E-state index in [1.165, 1.54) is 0 Å². The molecule has 14 heavy (non-hydrogen) atoms. The van der Waals surface area contributed by atoms with Crippen molar-refractivity contribution >= 4 is 9.84 Å². The summed E-state index contributed by atoms with van der Waals surface area (Å²) in [6, 6.07) is 0. The summed E-state index contributed by atoms with van der Waals surface area (Å²) in [5.41, 5.74) is 4.01. The largest absolute Gasteiger partial charge is 0.390 e. The van der Waals surface area contributed by atoms with Crippen molar-refractivity contribution in [3.8, 4) is 0 Å². The molecule has 4 nitrogen and oxygen atoms in total. The van der Waals surface area contributed by atoms with E-state index < -0.39 is 20.9 Å². The van der Waals surface area contributed by atoms with E-state index in [4.69, 9.17) is 5.73 Å². The molecular formula is C9H19NO3S. The van der Waals surface area contributed by atoms with Gasteiger partial charge < -0.3 is 10.8 Å². The molecule has 2 atom stereocenters. The summed E-state index contributed by atoms with van der Waals surface area (Å²) < 4.78 is 22.8. The van der Waals surface area contributed by atoms with Gasteiger partial charge in [0.2, 0.25) is 0 Å². The Balaban J connectivity index is 3.02. The molecule has 1 aliphatic rings. The van der Waals surface area contributed by atoms with Gasteiger partial charge in [0.15, 0.2) is 9.84 Å². The highest BCUT2D eigenvalue weighted by atomic mass is 32.2. The molecule has 0 aliphatic carbocycles. The number of nitrogens with two attached hydrogens (primary N) is 1. The molecule has 2 unspecified atom stereocenters. The molecule has 0 radical (unpaired) electrons. The van der Waals surface area contributed by atoms with Crippen LogP contribution < -0.4 is 5.73 Å². The van der Waals surface area contributed by atoms with Crippen molar-refractivity contribution in [3.05, 3.63) is 0 Å². The summed E-state index contributed by atoms with van der Waals surface area (Å²) in [6.45, 7) is 3.76. The lowest BCUT2D eigenvalue weighted by molar-refractivity contribution is -0.0549. The van der Waals surface area contributed by atoms with E-state index in [0.717, 1.165) is 0 Å². The van der Waals surface area contributed by atoms with E-state index in [2.05, 4.69) is 0 Å². The molecule has 84 valence electrons. The van der Waals surface area contributed by atoms with Gasteiger partial charge in [0.05, 0.1) is 17.1 Å². The Kier molecular flexibility index (Phi) is 2.96. The Hall–Kier alpha value is -0.130. The highest BCUT2D eigenvalue weighted by Crippen LogP contribution is 2.42. The maximum atomic E-state index is 11.4. The average molecular weight is 221 g/mol. The summed E-state index contributed by atoms with van der Waals surface area (Å²) >= 11 is 0. The predicted molar refractivity (Wildman–Crippen MR) is 55.7 cm³/mol. The Bertz CT molecular complexity index is 310. The topological polar surface area (TPSA) is 80.4 Å². The summed E-state index contributed by atoms with van der Waals surface area (Å²) in [5.74, 6) is 0.178. The molecule has 1 aliphatic heterocycles. The van der Waals surface area contributed by atoms with Crippen molar-refractivity contribution in [2.24, 2.45) is 11.1 Å². The van der Waals surface area contributed by atoms with Crippen molar-refractivity contribution in [3.63, 3.8) is 0 Å². The van der Waals surface area contributed by atoms with E-state index in [1.807, 2.05) is 6.92 Å². The number of rotatable bonds is 3. The van der Waals surface area contributed by atoms with Crippen LogP contribution in [0.4, 0.5) is 0 Å². The van der Waals surface area contributed by atoms with Crippen LogP contribution in [0.1, 0.15) is 26.7 Å². The third-order valence-electron chi connectivity index (χ3n) is 3.61. The molecule has 0 bridgehead atoms. The minimum atomic E-state index is -3.00. The molecule has 0 aromatic rings. The molecule has 1 heterocycles. The quantitative estimate of drug-likeness (QED) is 0.698. The molecule has 5 heteroatoms. The zero-order valence-corrected chi connectivity index (χ0v) is 9.60. The molecule has 1 saturated heterocycles. The van der Waals surface area contributed by atoms with Gasteiger partial charge in [-0.15, -0.1) is 0 Å². The zero-order valence-electron chi connectivity index (χ0n) is 8.78. The van der Waals surface area contributed by atoms with Crippen LogP contribution >= 0.6 is 0 Å². The van der Waals surface area contributed by atoms with Gasteiger partial charge in [-0.2, -0.15) is 0 Å². The fraction of sp³-hybridized carbons (Fsp3) is 1.00. The first-order valence-corrected chi connectivity index (χ1v) is 6.74. The molecule has 1 fully saturated rings. The lowest BCUT2D eigenvalue weighted by Gasteiger charge is -2.40. The summed E-state index contributed by atoms with van der Waals surface area (Å²) in [6.07, 6.45) is 1.01. The van der Waals surface area contributed by atoms with E-state index in [1.54, 1.807) is 6.92 Å². The van der Waals surface area contributed by atoms with Gasteiger partial charge in [0.1, 0.15) is 0 Å². The zero-order chi connectivity index (χ0) is 11.0. The van der Waals surface area contributed by atoms with Crippen molar-refractivity contribution in [1.82, 2.24) is 0 Å². The smallest absolute Gasteiger partial charge is 0.151 e. The van der Waals surface area contributed by atoms with E-state index in [-0.39, 0.29) is 18.1 Å². The summed E-state index contributed by atoms with van der Waals surface area (Å²) in [7, 11) is -3.00. The Morgan fingerprint density at radius 2 is 2.14 bits per heavy atom. The summed E-state index contributed by atoms with van der Waals surface area (Å²) in [4.78, 5) is 0. The first kappa shape index (κ1) is 11.9. The monoisotopic (exact) mass is 221 g/mol. The second-order valence-electron chi connectivity index (χ2n) is 4.45. The van der Waals surface area contributed by atoms with Gasteiger partial charge in [-0.3, -0.25) is 0 Å². The standard InChI is InChI=1S/C9H19NO3S/c1-3-8(2,11)9(6-10)4-5-14(12,13)7-9/h11H,3-7,10H2,1-2H3. The number of hydrogen-bond acceptors (Lipinski definition) is 4. The van der Waals surface area contributed by atoms with E-state index in [0.29, 0.717) is 12.8 Å². The van der Waals surface area contributed by atoms with Crippen LogP contribution in [0.2, 0.25) is 0 Å². The molecule has 0 amide bonds. The first-order chi connectivity index (χ1) is 6.29. The Morgan fingerprint density at radius 1 is 1.57 bits per heavy atom. The normalized spacial score (nSPS) is 35.4. The minimum absolute atomic E-state index is 0.0251. The van der Waals surface area contributed by atoms with Crippen LogP contribution in [-0.4, -0.2) is 37.2 Å². The average Bonchev–Trinajstić information content (AvgIpc) is 2.43. The van der Waals surface area contributed by atoms with Crippen LogP contribution in [0, 0.1) is 5.41 Å². The predicted octanol–water partition coefficient (Wildman–Crippen LogP) is -0.0890. The lowest BCUT2D eigenvalue weighted by Crippen LogP contribution is -2.51. The third kappa shape index (κ3) is 1.81. The van der Waals surface area contributed by atoms with Crippen molar-refractivity contribution < 1.29 is 13.5 Å².